The van der Waals surface area contributed by atoms with Gasteiger partial charge < -0.3 is 10.3 Å². The van der Waals surface area contributed by atoms with Gasteiger partial charge in [-0.2, -0.15) is 5.10 Å². The molecule has 3 heteroatoms. The lowest BCUT2D eigenvalue weighted by Gasteiger charge is -2.15. The first kappa shape index (κ1) is 12.7. The van der Waals surface area contributed by atoms with Crippen molar-refractivity contribution < 1.29 is 4.42 Å². The fourth-order valence-electron chi connectivity index (χ4n) is 2.82. The number of benzene rings is 3. The van der Waals surface area contributed by atoms with Crippen LogP contribution in [0.1, 0.15) is 0 Å². The van der Waals surface area contributed by atoms with Crippen LogP contribution in [0, 0.1) is 0 Å². The zero-order valence-corrected chi connectivity index (χ0v) is 11.9. The van der Waals surface area contributed by atoms with Crippen molar-refractivity contribution in [1.29, 1.82) is 0 Å². The minimum absolute atomic E-state index is 0.700. The summed E-state index contributed by atoms with van der Waals surface area (Å²) in [6.45, 7) is 0. The highest BCUT2D eigenvalue weighted by Crippen LogP contribution is 2.39. The molecule has 0 radical (unpaired) electrons. The van der Waals surface area contributed by atoms with Crippen molar-refractivity contribution in [3.8, 4) is 22.5 Å². The second kappa shape index (κ2) is 5.04. The molecule has 2 aliphatic rings. The molecule has 4 rings (SSSR count). The molecule has 106 valence electrons. The third-order valence-corrected chi connectivity index (χ3v) is 3.82. The summed E-state index contributed by atoms with van der Waals surface area (Å²) < 4.78 is 6.04. The van der Waals surface area contributed by atoms with Gasteiger partial charge in [-0.25, -0.2) is 0 Å². The van der Waals surface area contributed by atoms with Crippen LogP contribution in [0.2, 0.25) is 0 Å². The third kappa shape index (κ3) is 1.95. The topological polar surface area (TPSA) is 51.5 Å². The molecular weight excluding hydrogens is 272 g/mol. The number of rotatable bonds is 1. The van der Waals surface area contributed by atoms with E-state index in [1.807, 2.05) is 54.6 Å². The van der Waals surface area contributed by atoms with Crippen LogP contribution in [0.3, 0.4) is 0 Å². The van der Waals surface area contributed by atoms with Gasteiger partial charge in [-0.05, 0) is 23.8 Å². The Bertz CT molecular complexity index is 987. The summed E-state index contributed by atoms with van der Waals surface area (Å²) in [4.78, 5) is 0. The van der Waals surface area contributed by atoms with Gasteiger partial charge in [-0.15, -0.1) is 0 Å². The number of nitrogens with zero attached hydrogens (tertiary/aromatic N) is 1. The molecule has 0 unspecified atom stereocenters. The third-order valence-electron chi connectivity index (χ3n) is 3.82. The van der Waals surface area contributed by atoms with Crippen LogP contribution < -0.4 is 11.2 Å². The molecule has 2 aromatic rings. The van der Waals surface area contributed by atoms with Gasteiger partial charge in [0, 0.05) is 22.6 Å². The number of fused-ring (bicyclic) bond motifs is 2. The Morgan fingerprint density at radius 3 is 2.41 bits per heavy atom. The summed E-state index contributed by atoms with van der Waals surface area (Å²) in [6.07, 6.45) is 0. The smallest absolute Gasteiger partial charge is 0.137 e. The summed E-state index contributed by atoms with van der Waals surface area (Å²) in [6, 6.07) is 24.2. The average Bonchev–Trinajstić information content (AvgIpc) is 2.59. The van der Waals surface area contributed by atoms with Gasteiger partial charge in [0.2, 0.25) is 0 Å². The molecule has 2 N–H and O–H groups in total. The van der Waals surface area contributed by atoms with E-state index < -0.39 is 0 Å². The molecule has 0 amide bonds. The molecule has 0 bridgehead atoms. The van der Waals surface area contributed by atoms with Crippen molar-refractivity contribution in [2.45, 2.75) is 0 Å². The van der Waals surface area contributed by atoms with Crippen molar-refractivity contribution in [2.24, 2.45) is 10.9 Å². The van der Waals surface area contributed by atoms with Crippen LogP contribution in [0.5, 0.6) is 0 Å². The number of para-hydroxylation sites is 1. The second-order valence-corrected chi connectivity index (χ2v) is 5.15. The van der Waals surface area contributed by atoms with Crippen molar-refractivity contribution in [3.63, 3.8) is 0 Å². The standard InChI is InChI=1S/C19H14N2O/c20-21-14-10-11-16-18(12-14)22-17-9-5-4-8-15(17)19(16)13-6-2-1-3-7-13/h1-12H,20H2/b21-14-. The number of hydrogen-bond donors (Lipinski definition) is 1. The lowest BCUT2D eigenvalue weighted by atomic mass is 9.94. The molecule has 1 aliphatic heterocycles. The molecule has 0 spiro atoms. The van der Waals surface area contributed by atoms with Crippen LogP contribution >= 0.6 is 0 Å². The first-order chi connectivity index (χ1) is 10.9. The van der Waals surface area contributed by atoms with Crippen LogP contribution in [0.15, 0.2) is 82.3 Å². The monoisotopic (exact) mass is 286 g/mol. The Kier molecular flexibility index (Phi) is 2.90. The second-order valence-electron chi connectivity index (χ2n) is 5.15. The Balaban J connectivity index is 2.20. The predicted octanol–water partition coefficient (Wildman–Crippen LogP) is 3.98. The minimum Gasteiger partial charge on any atom is -0.456 e. The van der Waals surface area contributed by atoms with Gasteiger partial charge in [0.25, 0.3) is 0 Å². The fraction of sp³-hybridized carbons (Fsp3) is 0. The summed E-state index contributed by atoms with van der Waals surface area (Å²) in [5.74, 6) is 6.17. The Hall–Kier alpha value is -3.07. The molecule has 3 nitrogen and oxygen atoms in total. The molecule has 22 heavy (non-hydrogen) atoms. The molecule has 0 atom stereocenters. The lowest BCUT2D eigenvalue weighted by Crippen LogP contribution is -2.05. The molecule has 2 aromatic carbocycles. The average molecular weight is 286 g/mol. The van der Waals surface area contributed by atoms with Crippen molar-refractivity contribution in [1.82, 2.24) is 0 Å². The van der Waals surface area contributed by atoms with E-state index in [2.05, 4.69) is 23.3 Å². The quantitative estimate of drug-likeness (QED) is 0.327. The summed E-state index contributed by atoms with van der Waals surface area (Å²) in [5.41, 5.74) is 4.23. The maximum absolute atomic E-state index is 6.04. The van der Waals surface area contributed by atoms with E-state index >= 15 is 0 Å². The Labute approximate surface area is 127 Å². The zero-order valence-electron chi connectivity index (χ0n) is 11.9. The van der Waals surface area contributed by atoms with Gasteiger partial charge in [0.05, 0.1) is 5.36 Å². The number of nitrogens with two attached hydrogens (primary N) is 1. The van der Waals surface area contributed by atoms with Crippen LogP contribution in [0.4, 0.5) is 0 Å². The fourth-order valence-corrected chi connectivity index (χ4v) is 2.82. The van der Waals surface area contributed by atoms with E-state index in [0.29, 0.717) is 5.36 Å². The van der Waals surface area contributed by atoms with E-state index in [9.17, 15) is 0 Å². The van der Waals surface area contributed by atoms with E-state index in [0.717, 1.165) is 27.9 Å². The molecule has 0 fully saturated rings. The first-order valence-corrected chi connectivity index (χ1v) is 7.12. The molecule has 0 saturated heterocycles. The van der Waals surface area contributed by atoms with Crippen molar-refractivity contribution >= 4 is 11.0 Å². The van der Waals surface area contributed by atoms with E-state index in [1.165, 1.54) is 5.56 Å². The SMILES string of the molecule is N/N=c1/ccc2c(-c3ccccc3)c3ccccc3oc-2c1. The van der Waals surface area contributed by atoms with Gasteiger partial charge in [-0.1, -0.05) is 48.5 Å². The summed E-state index contributed by atoms with van der Waals surface area (Å²) >= 11 is 0. The van der Waals surface area contributed by atoms with Gasteiger partial charge in [0.15, 0.2) is 0 Å². The molecular formula is C19H14N2O. The summed E-state index contributed by atoms with van der Waals surface area (Å²) in [7, 11) is 0. The highest BCUT2D eigenvalue weighted by atomic mass is 16.3. The maximum atomic E-state index is 6.04. The summed E-state index contributed by atoms with van der Waals surface area (Å²) in [5, 5.41) is 5.54. The maximum Gasteiger partial charge on any atom is 0.137 e. The highest BCUT2D eigenvalue weighted by Gasteiger charge is 2.16. The first-order valence-electron chi connectivity index (χ1n) is 7.12. The van der Waals surface area contributed by atoms with E-state index in [1.54, 1.807) is 0 Å². The Morgan fingerprint density at radius 1 is 0.818 bits per heavy atom. The Morgan fingerprint density at radius 2 is 1.59 bits per heavy atom. The highest BCUT2D eigenvalue weighted by molar-refractivity contribution is 6.01. The number of hydrogen-bond acceptors (Lipinski definition) is 3. The van der Waals surface area contributed by atoms with Crippen molar-refractivity contribution in [3.05, 3.63) is 78.2 Å². The van der Waals surface area contributed by atoms with Crippen molar-refractivity contribution in [2.75, 3.05) is 0 Å². The predicted molar refractivity (Wildman–Crippen MR) is 88.0 cm³/mol. The normalized spacial score (nSPS) is 12.1. The zero-order chi connectivity index (χ0) is 14.9. The molecule has 0 aromatic heterocycles. The molecule has 1 heterocycles. The minimum atomic E-state index is 0.700. The van der Waals surface area contributed by atoms with Crippen LogP contribution in [-0.4, -0.2) is 0 Å². The van der Waals surface area contributed by atoms with E-state index in [4.69, 9.17) is 10.3 Å². The van der Waals surface area contributed by atoms with Gasteiger partial charge in [-0.3, -0.25) is 0 Å². The van der Waals surface area contributed by atoms with Crippen LogP contribution in [0.25, 0.3) is 33.4 Å². The van der Waals surface area contributed by atoms with Crippen LogP contribution in [-0.2, 0) is 0 Å². The molecule has 1 aliphatic carbocycles. The van der Waals surface area contributed by atoms with Gasteiger partial charge >= 0.3 is 0 Å². The lowest BCUT2D eigenvalue weighted by molar-refractivity contribution is 0.619. The van der Waals surface area contributed by atoms with E-state index in [-0.39, 0.29) is 0 Å². The van der Waals surface area contributed by atoms with Gasteiger partial charge in [0.1, 0.15) is 11.3 Å². The molecule has 0 saturated carbocycles. The largest absolute Gasteiger partial charge is 0.456 e.